The van der Waals surface area contributed by atoms with Crippen molar-refractivity contribution in [1.82, 2.24) is 15.1 Å². The summed E-state index contributed by atoms with van der Waals surface area (Å²) in [4.78, 5) is 12.0. The predicted octanol–water partition coefficient (Wildman–Crippen LogP) is 1.55. The fourth-order valence-corrected chi connectivity index (χ4v) is 2.12. The molecule has 0 saturated carbocycles. The van der Waals surface area contributed by atoms with Gasteiger partial charge in [-0.25, -0.2) is 0 Å². The summed E-state index contributed by atoms with van der Waals surface area (Å²) < 4.78 is 1.59. The first-order valence-corrected chi connectivity index (χ1v) is 6.67. The van der Waals surface area contributed by atoms with E-state index in [1.54, 1.807) is 17.8 Å². The highest BCUT2D eigenvalue weighted by molar-refractivity contribution is 5.92. The minimum absolute atomic E-state index is 0.0650. The fraction of sp³-hybridized carbons (Fsp3) is 0.333. The van der Waals surface area contributed by atoms with E-state index in [-0.39, 0.29) is 11.9 Å². The SMILES string of the molecule is Cc1cc(C(=O)NCCC(N)c2ccccc2)n(C)n1. The van der Waals surface area contributed by atoms with Crippen molar-refractivity contribution in [2.24, 2.45) is 12.8 Å². The van der Waals surface area contributed by atoms with E-state index in [1.807, 2.05) is 37.3 Å². The molecule has 5 nitrogen and oxygen atoms in total. The van der Waals surface area contributed by atoms with E-state index in [0.717, 1.165) is 11.3 Å². The van der Waals surface area contributed by atoms with Gasteiger partial charge >= 0.3 is 0 Å². The minimum Gasteiger partial charge on any atom is -0.351 e. The molecule has 1 aromatic heterocycles. The van der Waals surface area contributed by atoms with Crippen molar-refractivity contribution in [3.05, 3.63) is 53.3 Å². The summed E-state index contributed by atoms with van der Waals surface area (Å²) in [6.07, 6.45) is 0.701. The van der Waals surface area contributed by atoms with Crippen molar-refractivity contribution in [2.45, 2.75) is 19.4 Å². The minimum atomic E-state index is -0.117. The molecule has 1 heterocycles. The van der Waals surface area contributed by atoms with Crippen molar-refractivity contribution in [3.63, 3.8) is 0 Å². The Hall–Kier alpha value is -2.14. The fourth-order valence-electron chi connectivity index (χ4n) is 2.12. The van der Waals surface area contributed by atoms with E-state index in [9.17, 15) is 4.79 Å². The average Bonchev–Trinajstić information content (AvgIpc) is 2.78. The molecule has 1 unspecified atom stereocenters. The van der Waals surface area contributed by atoms with Crippen LogP contribution < -0.4 is 11.1 Å². The molecule has 20 heavy (non-hydrogen) atoms. The number of hydrogen-bond acceptors (Lipinski definition) is 3. The van der Waals surface area contributed by atoms with Crippen LogP contribution in [0.2, 0.25) is 0 Å². The molecule has 106 valence electrons. The van der Waals surface area contributed by atoms with Gasteiger partial charge in [0, 0.05) is 19.6 Å². The van der Waals surface area contributed by atoms with E-state index in [2.05, 4.69) is 10.4 Å². The highest BCUT2D eigenvalue weighted by Crippen LogP contribution is 2.12. The predicted molar refractivity (Wildman–Crippen MR) is 78.3 cm³/mol. The maximum atomic E-state index is 12.0. The highest BCUT2D eigenvalue weighted by Gasteiger charge is 2.12. The second-order valence-electron chi connectivity index (χ2n) is 4.86. The van der Waals surface area contributed by atoms with Crippen LogP contribution in [0.15, 0.2) is 36.4 Å². The number of aryl methyl sites for hydroxylation is 2. The summed E-state index contributed by atoms with van der Waals surface area (Å²) >= 11 is 0. The van der Waals surface area contributed by atoms with Crippen LogP contribution in [0.3, 0.4) is 0 Å². The molecule has 0 aliphatic rings. The monoisotopic (exact) mass is 272 g/mol. The van der Waals surface area contributed by atoms with Crippen molar-refractivity contribution in [1.29, 1.82) is 0 Å². The smallest absolute Gasteiger partial charge is 0.269 e. The molecule has 1 atom stereocenters. The van der Waals surface area contributed by atoms with Gasteiger partial charge in [-0.3, -0.25) is 9.48 Å². The molecule has 2 aromatic rings. The van der Waals surface area contributed by atoms with Crippen molar-refractivity contribution < 1.29 is 4.79 Å². The van der Waals surface area contributed by atoms with Gasteiger partial charge in [-0.15, -0.1) is 0 Å². The summed E-state index contributed by atoms with van der Waals surface area (Å²) in [7, 11) is 1.76. The largest absolute Gasteiger partial charge is 0.351 e. The van der Waals surface area contributed by atoms with Gasteiger partial charge in [0.2, 0.25) is 0 Å². The third-order valence-corrected chi connectivity index (χ3v) is 3.20. The number of aromatic nitrogens is 2. The van der Waals surface area contributed by atoms with E-state index < -0.39 is 0 Å². The quantitative estimate of drug-likeness (QED) is 0.867. The summed E-state index contributed by atoms with van der Waals surface area (Å²) in [5, 5.41) is 7.03. The number of nitrogens with zero attached hydrogens (tertiary/aromatic N) is 2. The molecule has 0 aliphatic carbocycles. The third-order valence-electron chi connectivity index (χ3n) is 3.20. The number of carbonyl (C=O) groups excluding carboxylic acids is 1. The Balaban J connectivity index is 1.84. The standard InChI is InChI=1S/C15H20N4O/c1-11-10-14(19(2)18-11)15(20)17-9-8-13(16)12-6-4-3-5-7-12/h3-7,10,13H,8-9,16H2,1-2H3,(H,17,20). The van der Waals surface area contributed by atoms with Crippen LogP contribution in [0.1, 0.15) is 34.2 Å². The summed E-state index contributed by atoms with van der Waals surface area (Å²) in [5.41, 5.74) is 8.56. The molecule has 0 radical (unpaired) electrons. The molecule has 1 aromatic carbocycles. The van der Waals surface area contributed by atoms with Gasteiger partial charge in [0.1, 0.15) is 5.69 Å². The van der Waals surface area contributed by atoms with Crippen LogP contribution in [0.4, 0.5) is 0 Å². The third kappa shape index (κ3) is 3.45. The molecular formula is C15H20N4O. The van der Waals surface area contributed by atoms with E-state index in [0.29, 0.717) is 18.7 Å². The van der Waals surface area contributed by atoms with Crippen LogP contribution in [0.5, 0.6) is 0 Å². The molecule has 2 rings (SSSR count). The van der Waals surface area contributed by atoms with Crippen molar-refractivity contribution in [3.8, 4) is 0 Å². The van der Waals surface area contributed by atoms with Crippen LogP contribution in [0, 0.1) is 6.92 Å². The van der Waals surface area contributed by atoms with Gasteiger partial charge in [-0.05, 0) is 25.0 Å². The van der Waals surface area contributed by atoms with Crippen LogP contribution in [-0.4, -0.2) is 22.2 Å². The Morgan fingerprint density at radius 2 is 2.10 bits per heavy atom. The maximum absolute atomic E-state index is 12.0. The number of amides is 1. The first-order valence-electron chi connectivity index (χ1n) is 6.67. The zero-order chi connectivity index (χ0) is 14.5. The summed E-state index contributed by atoms with van der Waals surface area (Å²) in [5.74, 6) is -0.117. The van der Waals surface area contributed by atoms with Gasteiger partial charge in [-0.1, -0.05) is 30.3 Å². The van der Waals surface area contributed by atoms with Gasteiger partial charge in [-0.2, -0.15) is 5.10 Å². The molecule has 0 spiro atoms. The number of benzene rings is 1. The van der Waals surface area contributed by atoms with Crippen LogP contribution >= 0.6 is 0 Å². The normalized spacial score (nSPS) is 12.2. The number of nitrogens with one attached hydrogen (secondary N) is 1. The lowest BCUT2D eigenvalue weighted by atomic mass is 10.1. The molecule has 0 aliphatic heterocycles. The second kappa shape index (κ2) is 6.34. The Labute approximate surface area is 118 Å². The molecular weight excluding hydrogens is 252 g/mol. The van der Waals surface area contributed by atoms with Gasteiger partial charge in [0.25, 0.3) is 5.91 Å². The van der Waals surface area contributed by atoms with Crippen molar-refractivity contribution >= 4 is 5.91 Å². The topological polar surface area (TPSA) is 72.9 Å². The molecule has 0 saturated heterocycles. The Morgan fingerprint density at radius 1 is 1.40 bits per heavy atom. The zero-order valence-electron chi connectivity index (χ0n) is 11.8. The second-order valence-corrected chi connectivity index (χ2v) is 4.86. The number of rotatable bonds is 5. The molecule has 3 N–H and O–H groups in total. The maximum Gasteiger partial charge on any atom is 0.269 e. The number of hydrogen-bond donors (Lipinski definition) is 2. The summed E-state index contributed by atoms with van der Waals surface area (Å²) in [6, 6.07) is 11.6. The van der Waals surface area contributed by atoms with Gasteiger partial charge < -0.3 is 11.1 Å². The summed E-state index contributed by atoms with van der Waals surface area (Å²) in [6.45, 7) is 2.40. The Morgan fingerprint density at radius 3 is 2.70 bits per heavy atom. The van der Waals surface area contributed by atoms with E-state index in [1.165, 1.54) is 0 Å². The molecule has 0 bridgehead atoms. The van der Waals surface area contributed by atoms with Crippen LogP contribution in [0.25, 0.3) is 0 Å². The first kappa shape index (κ1) is 14.3. The Bertz CT molecular complexity index is 577. The Kier molecular flexibility index (Phi) is 4.53. The van der Waals surface area contributed by atoms with E-state index in [4.69, 9.17) is 5.73 Å². The lowest BCUT2D eigenvalue weighted by molar-refractivity contribution is 0.0943. The first-order chi connectivity index (χ1) is 9.58. The van der Waals surface area contributed by atoms with E-state index >= 15 is 0 Å². The number of nitrogens with two attached hydrogens (primary N) is 1. The average molecular weight is 272 g/mol. The van der Waals surface area contributed by atoms with Crippen LogP contribution in [-0.2, 0) is 7.05 Å². The zero-order valence-corrected chi connectivity index (χ0v) is 11.8. The molecule has 0 fully saturated rings. The highest BCUT2D eigenvalue weighted by atomic mass is 16.2. The van der Waals surface area contributed by atoms with Crippen molar-refractivity contribution in [2.75, 3.05) is 6.54 Å². The van der Waals surface area contributed by atoms with Gasteiger partial charge in [0.15, 0.2) is 0 Å². The van der Waals surface area contributed by atoms with Gasteiger partial charge in [0.05, 0.1) is 5.69 Å². The lowest BCUT2D eigenvalue weighted by Gasteiger charge is -2.12. The lowest BCUT2D eigenvalue weighted by Crippen LogP contribution is -2.28. The molecule has 1 amide bonds. The molecule has 5 heteroatoms. The number of carbonyl (C=O) groups is 1.